The van der Waals surface area contributed by atoms with E-state index < -0.39 is 0 Å². The molecule has 0 spiro atoms. The summed E-state index contributed by atoms with van der Waals surface area (Å²) in [4.78, 5) is 0. The first-order chi connectivity index (χ1) is 4.50. The first-order valence-corrected chi connectivity index (χ1v) is 3.41. The normalized spacial score (nSPS) is 14.2. The van der Waals surface area contributed by atoms with E-state index in [1.54, 1.807) is 0 Å². The number of terminal acetylenes is 1. The van der Waals surface area contributed by atoms with Crippen LogP contribution in [0.25, 0.3) is 0 Å². The van der Waals surface area contributed by atoms with Crippen LogP contribution in [-0.4, -0.2) is 7.05 Å². The smallest absolute Gasteiger partial charge is 0.0195 e. The zero-order chi connectivity index (χ0) is 7.54. The number of nitrogens with two attached hydrogens (primary N) is 1. The lowest BCUT2D eigenvalue weighted by molar-refractivity contribution is 0.886. The maximum atomic E-state index is 4.50. The van der Waals surface area contributed by atoms with E-state index in [0.717, 1.165) is 0 Å². The molecule has 1 heteroatoms. The van der Waals surface area contributed by atoms with Crippen molar-refractivity contribution < 1.29 is 0 Å². The van der Waals surface area contributed by atoms with E-state index in [-0.39, 0.29) is 0 Å². The third-order valence-electron chi connectivity index (χ3n) is 1.25. The summed E-state index contributed by atoms with van der Waals surface area (Å²) >= 11 is 0. The fourth-order valence-corrected chi connectivity index (χ4v) is 0.884. The van der Waals surface area contributed by atoms with Gasteiger partial charge in [0, 0.05) is 0 Å². The van der Waals surface area contributed by atoms with Gasteiger partial charge in [-0.15, -0.1) is 12.8 Å². The topological polar surface area (TPSA) is 26.0 Å². The van der Waals surface area contributed by atoms with Gasteiger partial charge in [0.25, 0.3) is 0 Å². The average molecular weight is 127 g/mol. The standard InChI is InChI=1S/C5H10.C2H2.CH5N/c1-2-4-5-3-1;2*1-2/h1-5H2;1-2H;2H2,1H3. The van der Waals surface area contributed by atoms with Crippen LogP contribution in [0.2, 0.25) is 0 Å². The van der Waals surface area contributed by atoms with Crippen LogP contribution >= 0.6 is 0 Å². The van der Waals surface area contributed by atoms with Crippen molar-refractivity contribution in [2.24, 2.45) is 5.73 Å². The predicted molar refractivity (Wildman–Crippen MR) is 43.1 cm³/mol. The third-order valence-corrected chi connectivity index (χ3v) is 1.25. The van der Waals surface area contributed by atoms with E-state index in [4.69, 9.17) is 0 Å². The van der Waals surface area contributed by atoms with E-state index in [0.29, 0.717) is 0 Å². The highest BCUT2D eigenvalue weighted by Crippen LogP contribution is 2.15. The summed E-state index contributed by atoms with van der Waals surface area (Å²) in [6, 6.07) is 0. The van der Waals surface area contributed by atoms with Gasteiger partial charge < -0.3 is 5.73 Å². The van der Waals surface area contributed by atoms with Gasteiger partial charge in [-0.1, -0.05) is 32.1 Å². The van der Waals surface area contributed by atoms with Crippen LogP contribution in [-0.2, 0) is 0 Å². The van der Waals surface area contributed by atoms with Gasteiger partial charge in [-0.3, -0.25) is 0 Å². The fraction of sp³-hybridized carbons (Fsp3) is 0.750. The molecule has 9 heavy (non-hydrogen) atoms. The molecule has 1 fully saturated rings. The van der Waals surface area contributed by atoms with Crippen molar-refractivity contribution in [2.75, 3.05) is 7.05 Å². The van der Waals surface area contributed by atoms with Gasteiger partial charge in [0.15, 0.2) is 0 Å². The lowest BCUT2D eigenvalue weighted by Crippen LogP contribution is -1.69. The van der Waals surface area contributed by atoms with Crippen molar-refractivity contribution in [3.63, 3.8) is 0 Å². The van der Waals surface area contributed by atoms with Crippen molar-refractivity contribution in [3.05, 3.63) is 0 Å². The molecule has 1 aliphatic rings. The molecule has 0 atom stereocenters. The van der Waals surface area contributed by atoms with Crippen molar-refractivity contribution >= 4 is 0 Å². The van der Waals surface area contributed by atoms with Crippen LogP contribution in [0.5, 0.6) is 0 Å². The van der Waals surface area contributed by atoms with Gasteiger partial charge in [-0.05, 0) is 7.05 Å². The molecule has 0 heterocycles. The first-order valence-electron chi connectivity index (χ1n) is 3.41. The molecule has 1 aliphatic carbocycles. The van der Waals surface area contributed by atoms with Gasteiger partial charge in [0.05, 0.1) is 0 Å². The Morgan fingerprint density at radius 2 is 0.889 bits per heavy atom. The molecule has 0 aliphatic heterocycles. The molecule has 0 radical (unpaired) electrons. The fourth-order valence-electron chi connectivity index (χ4n) is 0.884. The van der Waals surface area contributed by atoms with Crippen LogP contribution < -0.4 is 5.73 Å². The third kappa shape index (κ3) is 11.2. The Morgan fingerprint density at radius 1 is 0.778 bits per heavy atom. The minimum atomic E-state index is 1.50. The van der Waals surface area contributed by atoms with Crippen molar-refractivity contribution in [1.82, 2.24) is 0 Å². The minimum absolute atomic E-state index is 1.50. The van der Waals surface area contributed by atoms with Crippen LogP contribution in [0, 0.1) is 12.8 Å². The quantitative estimate of drug-likeness (QED) is 0.493. The Kier molecular flexibility index (Phi) is 19.7. The highest BCUT2D eigenvalue weighted by atomic mass is 14.4. The zero-order valence-electron chi connectivity index (χ0n) is 6.27. The summed E-state index contributed by atoms with van der Waals surface area (Å²) in [6.07, 6.45) is 15.5. The Hall–Kier alpha value is -0.480. The highest BCUT2D eigenvalue weighted by molar-refractivity contribution is 4.51. The molecule has 0 aromatic carbocycles. The summed E-state index contributed by atoms with van der Waals surface area (Å²) < 4.78 is 0. The molecule has 0 aromatic rings. The second-order valence-corrected chi connectivity index (χ2v) is 1.77. The molecular formula is C8H17N. The second-order valence-electron chi connectivity index (χ2n) is 1.77. The van der Waals surface area contributed by atoms with Gasteiger partial charge in [0.2, 0.25) is 0 Å². The Balaban J connectivity index is 0. The van der Waals surface area contributed by atoms with E-state index in [2.05, 4.69) is 18.6 Å². The maximum absolute atomic E-state index is 4.50. The van der Waals surface area contributed by atoms with E-state index >= 15 is 0 Å². The Bertz CT molecular complexity index is 36.2. The second kappa shape index (κ2) is 15.6. The SMILES string of the molecule is C#C.C1CCCC1.CN. The molecular weight excluding hydrogens is 110 g/mol. The van der Waals surface area contributed by atoms with Gasteiger partial charge in [0.1, 0.15) is 0 Å². The molecule has 1 rings (SSSR count). The van der Waals surface area contributed by atoms with Gasteiger partial charge >= 0.3 is 0 Å². The number of hydrogen-bond acceptors (Lipinski definition) is 1. The molecule has 0 amide bonds. The molecule has 0 unspecified atom stereocenters. The Labute approximate surface area is 58.6 Å². The lowest BCUT2D eigenvalue weighted by atomic mass is 10.4. The minimum Gasteiger partial charge on any atom is -0.333 e. The van der Waals surface area contributed by atoms with Crippen LogP contribution in [0.15, 0.2) is 0 Å². The number of rotatable bonds is 0. The maximum Gasteiger partial charge on any atom is -0.0195 e. The first kappa shape index (κ1) is 11.3. The molecule has 54 valence electrons. The summed E-state index contributed by atoms with van der Waals surface area (Å²) in [7, 11) is 1.50. The molecule has 2 N–H and O–H groups in total. The summed E-state index contributed by atoms with van der Waals surface area (Å²) in [5.41, 5.74) is 4.50. The van der Waals surface area contributed by atoms with Crippen LogP contribution in [0.1, 0.15) is 32.1 Å². The van der Waals surface area contributed by atoms with E-state index in [1.165, 1.54) is 39.2 Å². The summed E-state index contributed by atoms with van der Waals surface area (Å²) in [5.74, 6) is 0. The van der Waals surface area contributed by atoms with E-state index in [9.17, 15) is 0 Å². The van der Waals surface area contributed by atoms with Gasteiger partial charge in [-0.2, -0.15) is 0 Å². The lowest BCUT2D eigenvalue weighted by Gasteiger charge is -1.67. The molecule has 0 aromatic heterocycles. The molecule has 1 saturated carbocycles. The van der Waals surface area contributed by atoms with Crippen molar-refractivity contribution in [1.29, 1.82) is 0 Å². The van der Waals surface area contributed by atoms with E-state index in [1.807, 2.05) is 0 Å². The predicted octanol–water partition coefficient (Wildman–Crippen LogP) is 1.77. The van der Waals surface area contributed by atoms with Crippen molar-refractivity contribution in [3.8, 4) is 12.8 Å². The Morgan fingerprint density at radius 3 is 1.00 bits per heavy atom. The molecule has 0 saturated heterocycles. The highest BCUT2D eigenvalue weighted by Gasteiger charge is 1.95. The average Bonchev–Trinajstić information content (AvgIpc) is 2.51. The summed E-state index contributed by atoms with van der Waals surface area (Å²) in [5, 5.41) is 0. The number of hydrogen-bond donors (Lipinski definition) is 1. The van der Waals surface area contributed by atoms with Crippen molar-refractivity contribution in [2.45, 2.75) is 32.1 Å². The largest absolute Gasteiger partial charge is 0.333 e. The molecule has 0 bridgehead atoms. The van der Waals surface area contributed by atoms with Gasteiger partial charge in [-0.25, -0.2) is 0 Å². The van der Waals surface area contributed by atoms with Crippen LogP contribution in [0.4, 0.5) is 0 Å². The zero-order valence-corrected chi connectivity index (χ0v) is 6.27. The summed E-state index contributed by atoms with van der Waals surface area (Å²) in [6.45, 7) is 0. The molecule has 1 nitrogen and oxygen atoms in total. The monoisotopic (exact) mass is 127 g/mol. The van der Waals surface area contributed by atoms with Crippen LogP contribution in [0.3, 0.4) is 0 Å².